The van der Waals surface area contributed by atoms with Crippen LogP contribution in [0.2, 0.25) is 0 Å². The smallest absolute Gasteiger partial charge is 0.317 e. The normalized spacial score (nSPS) is 22.7. The maximum atomic E-state index is 12.1. The largest absolute Gasteiger partial charge is 0.511 e. The van der Waals surface area contributed by atoms with Gasteiger partial charge < -0.3 is 5.32 Å². The zero-order chi connectivity index (χ0) is 11.7. The summed E-state index contributed by atoms with van der Waals surface area (Å²) in [5.74, 6) is 0. The molecule has 15 heavy (non-hydrogen) atoms. The summed E-state index contributed by atoms with van der Waals surface area (Å²) < 4.78 is 59.7. The average Bonchev–Trinajstić information content (AvgIpc) is 2.00. The Bertz CT molecular complexity index is 320. The zero-order valence-electron chi connectivity index (χ0n) is 8.19. The van der Waals surface area contributed by atoms with Gasteiger partial charge in [-0.3, -0.25) is 0 Å². The number of hydrogen-bond acceptors (Lipinski definition) is 3. The van der Waals surface area contributed by atoms with E-state index in [-0.39, 0.29) is 0 Å². The van der Waals surface area contributed by atoms with Gasteiger partial charge >= 0.3 is 15.5 Å². The predicted octanol–water partition coefficient (Wildman–Crippen LogP) is 0.568. The highest BCUT2D eigenvalue weighted by molar-refractivity contribution is 7.90. The summed E-state index contributed by atoms with van der Waals surface area (Å²) in [6.07, 6.45) is 0.699. The molecular weight excluding hydrogens is 233 g/mol. The summed E-state index contributed by atoms with van der Waals surface area (Å²) in [4.78, 5) is 0. The van der Waals surface area contributed by atoms with Gasteiger partial charge in [-0.1, -0.05) is 0 Å². The van der Waals surface area contributed by atoms with E-state index in [1.54, 1.807) is 4.72 Å². The Morgan fingerprint density at radius 3 is 2.13 bits per heavy atom. The van der Waals surface area contributed by atoms with Crippen molar-refractivity contribution in [3.05, 3.63) is 0 Å². The number of alkyl halides is 3. The molecule has 0 unspecified atom stereocenters. The summed E-state index contributed by atoms with van der Waals surface area (Å²) >= 11 is 0. The minimum absolute atomic E-state index is 0.350. The van der Waals surface area contributed by atoms with E-state index in [9.17, 15) is 21.6 Å². The van der Waals surface area contributed by atoms with Crippen LogP contribution in [0, 0.1) is 0 Å². The molecule has 1 heterocycles. The van der Waals surface area contributed by atoms with Crippen molar-refractivity contribution < 1.29 is 21.6 Å². The van der Waals surface area contributed by atoms with Crippen molar-refractivity contribution in [3.8, 4) is 0 Å². The quantitative estimate of drug-likeness (QED) is 0.749. The van der Waals surface area contributed by atoms with Crippen LogP contribution in [0.1, 0.15) is 19.8 Å². The van der Waals surface area contributed by atoms with Crippen molar-refractivity contribution in [2.24, 2.45) is 0 Å². The van der Waals surface area contributed by atoms with Crippen molar-refractivity contribution in [3.63, 3.8) is 0 Å². The summed E-state index contributed by atoms with van der Waals surface area (Å²) in [5.41, 5.74) is -6.24. The molecule has 4 nitrogen and oxygen atoms in total. The van der Waals surface area contributed by atoms with Crippen LogP contribution in [0.25, 0.3) is 0 Å². The van der Waals surface area contributed by atoms with Gasteiger partial charge in [0, 0.05) is 5.54 Å². The Balaban J connectivity index is 2.76. The van der Waals surface area contributed by atoms with Gasteiger partial charge in [0.05, 0.1) is 0 Å². The monoisotopic (exact) mass is 246 g/mol. The SMILES string of the molecule is CC1(NS(=O)(=O)C(F)(F)F)CCNCC1. The zero-order valence-corrected chi connectivity index (χ0v) is 9.00. The molecule has 1 saturated heterocycles. The number of halogens is 3. The second-order valence-electron chi connectivity index (χ2n) is 3.86. The van der Waals surface area contributed by atoms with Gasteiger partial charge in [0.25, 0.3) is 0 Å². The van der Waals surface area contributed by atoms with Gasteiger partial charge in [-0.2, -0.15) is 13.2 Å². The fourth-order valence-corrected chi connectivity index (χ4v) is 2.43. The molecule has 1 rings (SSSR count). The lowest BCUT2D eigenvalue weighted by Crippen LogP contribution is -2.55. The molecule has 0 radical (unpaired) electrons. The highest BCUT2D eigenvalue weighted by atomic mass is 32.2. The first-order valence-electron chi connectivity index (χ1n) is 4.47. The average molecular weight is 246 g/mol. The van der Waals surface area contributed by atoms with Crippen molar-refractivity contribution in [2.75, 3.05) is 13.1 Å². The molecule has 1 aliphatic heterocycles. The van der Waals surface area contributed by atoms with Crippen LogP contribution in [-0.2, 0) is 10.0 Å². The maximum absolute atomic E-state index is 12.1. The Kier molecular flexibility index (Phi) is 3.32. The molecule has 90 valence electrons. The first-order valence-corrected chi connectivity index (χ1v) is 5.96. The van der Waals surface area contributed by atoms with Gasteiger partial charge in [-0.15, -0.1) is 0 Å². The van der Waals surface area contributed by atoms with E-state index in [4.69, 9.17) is 0 Å². The number of rotatable bonds is 2. The van der Waals surface area contributed by atoms with Gasteiger partial charge in [0.15, 0.2) is 0 Å². The predicted molar refractivity (Wildman–Crippen MR) is 48.6 cm³/mol. The molecule has 0 aromatic heterocycles. The van der Waals surface area contributed by atoms with Crippen LogP contribution >= 0.6 is 0 Å². The van der Waals surface area contributed by atoms with Crippen LogP contribution in [-0.4, -0.2) is 32.6 Å². The molecule has 0 aromatic rings. The fourth-order valence-electron chi connectivity index (χ4n) is 1.46. The lowest BCUT2D eigenvalue weighted by molar-refractivity contribution is -0.0458. The van der Waals surface area contributed by atoms with Crippen LogP contribution in [0.4, 0.5) is 13.2 Å². The molecular formula is C7H13F3N2O2S. The third-order valence-electron chi connectivity index (χ3n) is 2.39. The standard InChI is InChI=1S/C7H13F3N2O2S/c1-6(2-4-11-5-3-6)12-15(13,14)7(8,9)10/h11-12H,2-5H2,1H3. The number of piperidine rings is 1. The Hall–Kier alpha value is -0.340. The van der Waals surface area contributed by atoms with Crippen molar-refractivity contribution in [1.29, 1.82) is 0 Å². The molecule has 0 amide bonds. The minimum Gasteiger partial charge on any atom is -0.317 e. The number of sulfonamides is 1. The van der Waals surface area contributed by atoms with E-state index >= 15 is 0 Å². The summed E-state index contributed by atoms with van der Waals surface area (Å²) in [6.45, 7) is 2.50. The first kappa shape index (κ1) is 12.7. The number of hydrogen-bond donors (Lipinski definition) is 2. The third-order valence-corrected chi connectivity index (χ3v) is 3.76. The summed E-state index contributed by atoms with van der Waals surface area (Å²) in [6, 6.07) is 0. The van der Waals surface area contributed by atoms with Crippen molar-refractivity contribution in [2.45, 2.75) is 30.8 Å². The molecule has 2 N–H and O–H groups in total. The second kappa shape index (κ2) is 3.91. The summed E-state index contributed by atoms with van der Waals surface area (Å²) in [7, 11) is -5.23. The lowest BCUT2D eigenvalue weighted by atomic mass is 9.92. The molecule has 0 aromatic carbocycles. The van der Waals surface area contributed by atoms with E-state index < -0.39 is 21.1 Å². The molecule has 1 aliphatic rings. The van der Waals surface area contributed by atoms with Crippen LogP contribution in [0.5, 0.6) is 0 Å². The van der Waals surface area contributed by atoms with Crippen molar-refractivity contribution in [1.82, 2.24) is 10.0 Å². The molecule has 8 heteroatoms. The van der Waals surface area contributed by atoms with E-state index in [2.05, 4.69) is 5.32 Å². The van der Waals surface area contributed by atoms with Crippen LogP contribution in [0.15, 0.2) is 0 Å². The number of nitrogens with one attached hydrogen (secondary N) is 2. The topological polar surface area (TPSA) is 58.2 Å². The molecule has 0 aliphatic carbocycles. The fraction of sp³-hybridized carbons (Fsp3) is 1.00. The van der Waals surface area contributed by atoms with Crippen LogP contribution < -0.4 is 10.0 Å². The molecule has 1 fully saturated rings. The molecule has 0 atom stereocenters. The Labute approximate surface area is 86.3 Å². The van der Waals surface area contributed by atoms with Crippen LogP contribution in [0.3, 0.4) is 0 Å². The highest BCUT2D eigenvalue weighted by Crippen LogP contribution is 2.26. The second-order valence-corrected chi connectivity index (χ2v) is 5.54. The van der Waals surface area contributed by atoms with Gasteiger partial charge in [-0.05, 0) is 32.9 Å². The minimum atomic E-state index is -5.24. The van der Waals surface area contributed by atoms with Gasteiger partial charge in [0.2, 0.25) is 0 Å². The molecule has 0 spiro atoms. The van der Waals surface area contributed by atoms with Gasteiger partial charge in [0.1, 0.15) is 0 Å². The molecule has 0 saturated carbocycles. The van der Waals surface area contributed by atoms with E-state index in [1.165, 1.54) is 6.92 Å². The summed E-state index contributed by atoms with van der Waals surface area (Å²) in [5, 5.41) is 2.95. The van der Waals surface area contributed by atoms with E-state index in [0.29, 0.717) is 25.9 Å². The molecule has 0 bridgehead atoms. The Morgan fingerprint density at radius 2 is 1.73 bits per heavy atom. The maximum Gasteiger partial charge on any atom is 0.511 e. The van der Waals surface area contributed by atoms with E-state index in [0.717, 1.165) is 0 Å². The Morgan fingerprint density at radius 1 is 1.27 bits per heavy atom. The third kappa shape index (κ3) is 3.05. The van der Waals surface area contributed by atoms with Gasteiger partial charge in [-0.25, -0.2) is 13.1 Å². The first-order chi connectivity index (χ1) is 6.66. The lowest BCUT2D eigenvalue weighted by Gasteiger charge is -2.34. The van der Waals surface area contributed by atoms with Crippen molar-refractivity contribution >= 4 is 10.0 Å². The van der Waals surface area contributed by atoms with E-state index in [1.807, 2.05) is 0 Å². The highest BCUT2D eigenvalue weighted by Gasteiger charge is 2.49.